The number of methoxy groups -OCH3 is 1. The smallest absolute Gasteiger partial charge is 0.291 e. The lowest BCUT2D eigenvalue weighted by Crippen LogP contribution is -2.20. The van der Waals surface area contributed by atoms with Gasteiger partial charge in [-0.2, -0.15) is 0 Å². The Bertz CT molecular complexity index is 955. The van der Waals surface area contributed by atoms with E-state index in [0.717, 1.165) is 0 Å². The van der Waals surface area contributed by atoms with E-state index in [9.17, 15) is 9.59 Å². The van der Waals surface area contributed by atoms with Gasteiger partial charge in [0.15, 0.2) is 12.4 Å². The van der Waals surface area contributed by atoms with Gasteiger partial charge in [-0.15, -0.1) is 0 Å². The molecule has 0 radical (unpaired) electrons. The summed E-state index contributed by atoms with van der Waals surface area (Å²) in [4.78, 5) is 23.9. The number of nitrogens with one attached hydrogen (secondary N) is 2. The second-order valence-electron chi connectivity index (χ2n) is 5.64. The molecule has 3 aromatic rings. The molecule has 0 aliphatic carbocycles. The van der Waals surface area contributed by atoms with E-state index in [1.165, 1.54) is 13.4 Å². The topological polar surface area (TPSA) is 89.8 Å². The van der Waals surface area contributed by atoms with Gasteiger partial charge in [-0.3, -0.25) is 9.59 Å². The predicted octanol–water partition coefficient (Wildman–Crippen LogP) is 4.21. The molecule has 0 bridgehead atoms. The van der Waals surface area contributed by atoms with E-state index in [2.05, 4.69) is 10.6 Å². The van der Waals surface area contributed by atoms with Crippen LogP contribution in [-0.4, -0.2) is 25.5 Å². The number of halogens is 1. The number of rotatable bonds is 7. The molecule has 0 saturated carbocycles. The van der Waals surface area contributed by atoms with Gasteiger partial charge in [0.2, 0.25) is 0 Å². The third kappa shape index (κ3) is 5.05. The van der Waals surface area contributed by atoms with E-state index in [1.54, 1.807) is 54.6 Å². The van der Waals surface area contributed by atoms with Crippen LogP contribution in [0.2, 0.25) is 5.02 Å². The number of hydrogen-bond acceptors (Lipinski definition) is 5. The van der Waals surface area contributed by atoms with Crippen molar-refractivity contribution in [2.75, 3.05) is 24.4 Å². The molecule has 0 aliphatic heterocycles. The first-order chi connectivity index (χ1) is 13.5. The molecule has 7 nitrogen and oxygen atoms in total. The Labute approximate surface area is 166 Å². The maximum Gasteiger partial charge on any atom is 0.291 e. The molecule has 1 aromatic heterocycles. The number of hydrogen-bond donors (Lipinski definition) is 2. The van der Waals surface area contributed by atoms with Gasteiger partial charge in [0.25, 0.3) is 11.8 Å². The largest absolute Gasteiger partial charge is 0.495 e. The molecule has 0 fully saturated rings. The van der Waals surface area contributed by atoms with Gasteiger partial charge in [-0.25, -0.2) is 0 Å². The van der Waals surface area contributed by atoms with Crippen molar-refractivity contribution in [1.82, 2.24) is 0 Å². The number of carbonyl (C=O) groups excluding carboxylic acids is 2. The summed E-state index contributed by atoms with van der Waals surface area (Å²) in [6.07, 6.45) is 1.43. The minimum Gasteiger partial charge on any atom is -0.495 e. The van der Waals surface area contributed by atoms with Crippen LogP contribution >= 0.6 is 11.6 Å². The van der Waals surface area contributed by atoms with Crippen LogP contribution in [0.3, 0.4) is 0 Å². The van der Waals surface area contributed by atoms with Crippen molar-refractivity contribution in [3.8, 4) is 11.5 Å². The molecule has 3 rings (SSSR count). The third-order valence-electron chi connectivity index (χ3n) is 3.66. The van der Waals surface area contributed by atoms with Crippen LogP contribution in [0.4, 0.5) is 11.4 Å². The Hall–Kier alpha value is -3.45. The Morgan fingerprint density at radius 1 is 1.04 bits per heavy atom. The van der Waals surface area contributed by atoms with E-state index in [1.807, 2.05) is 0 Å². The van der Waals surface area contributed by atoms with Gasteiger partial charge in [0.05, 0.1) is 18.4 Å². The van der Waals surface area contributed by atoms with Gasteiger partial charge >= 0.3 is 0 Å². The lowest BCUT2D eigenvalue weighted by atomic mass is 10.3. The standard InChI is InChI=1S/C20H17ClN2O5/c1-26-17-9-6-14(11-16(17)21)22-19(24)12-28-15-7-4-13(5-8-15)23-20(25)18-3-2-10-27-18/h2-11H,12H2,1H3,(H,22,24)(H,23,25). The lowest BCUT2D eigenvalue weighted by Gasteiger charge is -2.10. The number of anilines is 2. The molecule has 0 aliphatic rings. The zero-order chi connectivity index (χ0) is 19.9. The quantitative estimate of drug-likeness (QED) is 0.620. The van der Waals surface area contributed by atoms with E-state index in [4.69, 9.17) is 25.5 Å². The van der Waals surface area contributed by atoms with Crippen molar-refractivity contribution in [3.05, 3.63) is 71.6 Å². The van der Waals surface area contributed by atoms with Gasteiger partial charge < -0.3 is 24.5 Å². The van der Waals surface area contributed by atoms with Crippen LogP contribution in [0, 0.1) is 0 Å². The summed E-state index contributed by atoms with van der Waals surface area (Å²) in [5.74, 6) is 0.539. The van der Waals surface area contributed by atoms with Crippen LogP contribution in [0.25, 0.3) is 0 Å². The number of carbonyl (C=O) groups is 2. The van der Waals surface area contributed by atoms with E-state index in [0.29, 0.717) is 27.9 Å². The second kappa shape index (κ2) is 8.96. The molecule has 144 valence electrons. The molecule has 0 unspecified atom stereocenters. The van der Waals surface area contributed by atoms with Crippen LogP contribution in [0.1, 0.15) is 10.6 Å². The highest BCUT2D eigenvalue weighted by Gasteiger charge is 2.09. The maximum absolute atomic E-state index is 12.0. The van der Waals surface area contributed by atoms with Gasteiger partial charge in [-0.1, -0.05) is 11.6 Å². The highest BCUT2D eigenvalue weighted by Crippen LogP contribution is 2.27. The third-order valence-corrected chi connectivity index (χ3v) is 3.96. The van der Waals surface area contributed by atoms with Crippen molar-refractivity contribution in [2.24, 2.45) is 0 Å². The van der Waals surface area contributed by atoms with Crippen molar-refractivity contribution >= 4 is 34.8 Å². The Morgan fingerprint density at radius 3 is 2.43 bits per heavy atom. The zero-order valence-electron chi connectivity index (χ0n) is 14.9. The van der Waals surface area contributed by atoms with E-state index < -0.39 is 0 Å². The van der Waals surface area contributed by atoms with Crippen molar-refractivity contribution in [2.45, 2.75) is 0 Å². The molecule has 2 amide bonds. The highest BCUT2D eigenvalue weighted by molar-refractivity contribution is 6.32. The molecule has 0 atom stereocenters. The maximum atomic E-state index is 12.0. The average Bonchev–Trinajstić information content (AvgIpc) is 3.23. The average molecular weight is 401 g/mol. The molecule has 0 spiro atoms. The first kappa shape index (κ1) is 19.3. The van der Waals surface area contributed by atoms with Crippen LogP contribution in [-0.2, 0) is 4.79 Å². The molecule has 0 saturated heterocycles. The summed E-state index contributed by atoms with van der Waals surface area (Å²) in [6, 6.07) is 14.8. The number of amides is 2. The monoisotopic (exact) mass is 400 g/mol. The molecule has 1 heterocycles. The van der Waals surface area contributed by atoms with Gasteiger partial charge in [0, 0.05) is 11.4 Å². The van der Waals surface area contributed by atoms with Crippen LogP contribution in [0.5, 0.6) is 11.5 Å². The van der Waals surface area contributed by atoms with E-state index in [-0.39, 0.29) is 24.2 Å². The summed E-state index contributed by atoms with van der Waals surface area (Å²) in [5.41, 5.74) is 1.11. The number of ether oxygens (including phenoxy) is 2. The van der Waals surface area contributed by atoms with Crippen molar-refractivity contribution in [3.63, 3.8) is 0 Å². The highest BCUT2D eigenvalue weighted by atomic mass is 35.5. The number of furan rings is 1. The fourth-order valence-corrected chi connectivity index (χ4v) is 2.58. The fourth-order valence-electron chi connectivity index (χ4n) is 2.33. The predicted molar refractivity (Wildman–Crippen MR) is 105 cm³/mol. The Balaban J connectivity index is 1.49. The lowest BCUT2D eigenvalue weighted by molar-refractivity contribution is -0.118. The SMILES string of the molecule is COc1ccc(NC(=O)COc2ccc(NC(=O)c3ccco3)cc2)cc1Cl. The fraction of sp³-hybridized carbons (Fsp3) is 0.100. The Morgan fingerprint density at radius 2 is 1.79 bits per heavy atom. The molecule has 2 aromatic carbocycles. The van der Waals surface area contributed by atoms with Crippen LogP contribution < -0.4 is 20.1 Å². The summed E-state index contributed by atoms with van der Waals surface area (Å²) in [5, 5.41) is 5.78. The second-order valence-corrected chi connectivity index (χ2v) is 6.05. The van der Waals surface area contributed by atoms with Gasteiger partial charge in [0.1, 0.15) is 11.5 Å². The molecular formula is C20H17ClN2O5. The molecular weight excluding hydrogens is 384 g/mol. The van der Waals surface area contributed by atoms with Gasteiger partial charge in [-0.05, 0) is 54.6 Å². The molecule has 2 N–H and O–H groups in total. The molecule has 8 heteroatoms. The van der Waals surface area contributed by atoms with E-state index >= 15 is 0 Å². The Kier molecular flexibility index (Phi) is 6.18. The minimum atomic E-state index is -0.351. The number of benzene rings is 2. The summed E-state index contributed by atoms with van der Waals surface area (Å²) in [6.45, 7) is -0.179. The summed E-state index contributed by atoms with van der Waals surface area (Å²) in [7, 11) is 1.51. The normalized spacial score (nSPS) is 10.2. The first-order valence-corrected chi connectivity index (χ1v) is 8.64. The van der Waals surface area contributed by atoms with Crippen molar-refractivity contribution < 1.29 is 23.5 Å². The minimum absolute atomic E-state index is 0.179. The van der Waals surface area contributed by atoms with Crippen LogP contribution in [0.15, 0.2) is 65.3 Å². The molecule has 28 heavy (non-hydrogen) atoms. The summed E-state index contributed by atoms with van der Waals surface area (Å²) < 4.78 is 15.5. The van der Waals surface area contributed by atoms with Crippen molar-refractivity contribution in [1.29, 1.82) is 0 Å². The summed E-state index contributed by atoms with van der Waals surface area (Å²) >= 11 is 6.03. The first-order valence-electron chi connectivity index (χ1n) is 8.26. The zero-order valence-corrected chi connectivity index (χ0v) is 15.7.